The van der Waals surface area contributed by atoms with Crippen LogP contribution in [0.25, 0.3) is 0 Å². The minimum absolute atomic E-state index is 0.0973. The summed E-state index contributed by atoms with van der Waals surface area (Å²) in [6, 6.07) is 8.10. The Morgan fingerprint density at radius 1 is 1.37 bits per heavy atom. The van der Waals surface area contributed by atoms with Gasteiger partial charge < -0.3 is 15.5 Å². The maximum absolute atomic E-state index is 13.3. The predicted octanol–water partition coefficient (Wildman–Crippen LogP) is 2.33. The molecule has 0 bridgehead atoms. The number of anilines is 1. The molecule has 1 aromatic heterocycles. The van der Waals surface area contributed by atoms with Gasteiger partial charge in [0.05, 0.1) is 18.7 Å². The molecule has 144 valence electrons. The second-order valence-corrected chi connectivity index (χ2v) is 6.94. The van der Waals surface area contributed by atoms with Gasteiger partial charge in [-0.05, 0) is 37.1 Å². The first-order chi connectivity index (χ1) is 13.0. The lowest BCUT2D eigenvalue weighted by Gasteiger charge is -2.23. The van der Waals surface area contributed by atoms with E-state index in [9.17, 15) is 9.18 Å². The monoisotopic (exact) mass is 371 g/mol. The van der Waals surface area contributed by atoms with E-state index < -0.39 is 0 Å². The van der Waals surface area contributed by atoms with E-state index in [1.807, 2.05) is 13.1 Å². The highest BCUT2D eigenvalue weighted by molar-refractivity contribution is 5.78. The lowest BCUT2D eigenvalue weighted by molar-refractivity contribution is -0.129. The van der Waals surface area contributed by atoms with Crippen LogP contribution in [0.15, 0.2) is 30.3 Å². The van der Waals surface area contributed by atoms with E-state index in [0.717, 1.165) is 37.4 Å². The molecule has 0 spiro atoms. The summed E-state index contributed by atoms with van der Waals surface area (Å²) in [6.07, 6.45) is 2.38. The number of likely N-dealkylation sites (N-methyl/N-ethyl adjacent to an activating group) is 1. The van der Waals surface area contributed by atoms with Gasteiger partial charge in [0.1, 0.15) is 17.5 Å². The van der Waals surface area contributed by atoms with Crippen molar-refractivity contribution in [3.63, 3.8) is 0 Å². The molecule has 2 N–H and O–H groups in total. The predicted molar refractivity (Wildman–Crippen MR) is 103 cm³/mol. The molecule has 1 fully saturated rings. The topological polar surface area (TPSA) is 70.2 Å². The molecule has 1 aliphatic heterocycles. The van der Waals surface area contributed by atoms with Gasteiger partial charge in [0.25, 0.3) is 0 Å². The molecule has 0 radical (unpaired) electrons. The molecule has 0 aliphatic carbocycles. The highest BCUT2D eigenvalue weighted by atomic mass is 19.1. The summed E-state index contributed by atoms with van der Waals surface area (Å²) in [7, 11) is 3.55. The van der Waals surface area contributed by atoms with Crippen molar-refractivity contribution in [2.24, 2.45) is 0 Å². The van der Waals surface area contributed by atoms with Gasteiger partial charge >= 0.3 is 0 Å². The minimum atomic E-state index is -0.334. The number of carbonyl (C=O) groups is 1. The molecule has 1 amide bonds. The maximum atomic E-state index is 13.3. The van der Waals surface area contributed by atoms with Crippen molar-refractivity contribution in [2.75, 3.05) is 32.5 Å². The highest BCUT2D eigenvalue weighted by Gasteiger charge is 2.19. The Kier molecular flexibility index (Phi) is 6.34. The fourth-order valence-electron chi connectivity index (χ4n) is 3.29. The van der Waals surface area contributed by atoms with Crippen LogP contribution in [0, 0.1) is 5.82 Å². The number of nitrogens with one attached hydrogen (secondary N) is 2. The van der Waals surface area contributed by atoms with Crippen LogP contribution in [0.5, 0.6) is 0 Å². The van der Waals surface area contributed by atoms with E-state index in [-0.39, 0.29) is 18.1 Å². The van der Waals surface area contributed by atoms with Crippen molar-refractivity contribution in [3.05, 3.63) is 53.2 Å². The SMILES string of the molecule is CNc1cc([C@@H]2CCCNC2)nc(CN(C)C(=O)Cc2cccc(F)c2)n1. The number of aromatic nitrogens is 2. The van der Waals surface area contributed by atoms with Crippen LogP contribution in [0.1, 0.15) is 35.8 Å². The minimum Gasteiger partial charge on any atom is -0.373 e. The van der Waals surface area contributed by atoms with Gasteiger partial charge in [-0.3, -0.25) is 4.79 Å². The molecule has 6 nitrogen and oxygen atoms in total. The average molecular weight is 371 g/mol. The Morgan fingerprint density at radius 2 is 2.22 bits per heavy atom. The van der Waals surface area contributed by atoms with Crippen molar-refractivity contribution >= 4 is 11.7 Å². The van der Waals surface area contributed by atoms with E-state index in [1.165, 1.54) is 12.1 Å². The zero-order valence-corrected chi connectivity index (χ0v) is 15.8. The first-order valence-electron chi connectivity index (χ1n) is 9.30. The summed E-state index contributed by atoms with van der Waals surface area (Å²) in [5.41, 5.74) is 1.66. The highest BCUT2D eigenvalue weighted by Crippen LogP contribution is 2.23. The molecule has 1 atom stereocenters. The van der Waals surface area contributed by atoms with E-state index in [2.05, 4.69) is 15.6 Å². The number of rotatable bonds is 6. The van der Waals surface area contributed by atoms with Gasteiger partial charge in [-0.2, -0.15) is 0 Å². The van der Waals surface area contributed by atoms with Crippen LogP contribution in [-0.2, 0) is 17.8 Å². The maximum Gasteiger partial charge on any atom is 0.227 e. The Labute approximate surface area is 159 Å². The Bertz CT molecular complexity index is 792. The summed E-state index contributed by atoms with van der Waals surface area (Å²) in [5, 5.41) is 6.48. The molecule has 1 saturated heterocycles. The third kappa shape index (κ3) is 5.23. The molecule has 7 heteroatoms. The number of hydrogen-bond donors (Lipinski definition) is 2. The van der Waals surface area contributed by atoms with Crippen molar-refractivity contribution < 1.29 is 9.18 Å². The van der Waals surface area contributed by atoms with Gasteiger partial charge in [0.2, 0.25) is 5.91 Å². The smallest absolute Gasteiger partial charge is 0.227 e. The van der Waals surface area contributed by atoms with Crippen molar-refractivity contribution in [2.45, 2.75) is 31.7 Å². The number of amides is 1. The van der Waals surface area contributed by atoms with Crippen molar-refractivity contribution in [1.82, 2.24) is 20.2 Å². The molecule has 3 rings (SSSR count). The zero-order chi connectivity index (χ0) is 19.2. The van der Waals surface area contributed by atoms with Crippen molar-refractivity contribution in [1.29, 1.82) is 0 Å². The van der Waals surface area contributed by atoms with E-state index in [0.29, 0.717) is 23.9 Å². The third-order valence-electron chi connectivity index (χ3n) is 4.81. The largest absolute Gasteiger partial charge is 0.373 e. The zero-order valence-electron chi connectivity index (χ0n) is 15.8. The number of halogens is 1. The summed E-state index contributed by atoms with van der Waals surface area (Å²) >= 11 is 0. The summed E-state index contributed by atoms with van der Waals surface area (Å²) in [6.45, 7) is 2.27. The summed E-state index contributed by atoms with van der Waals surface area (Å²) in [5.74, 6) is 1.30. The standard InChI is InChI=1S/C20H26FN5O/c1-22-18-11-17(15-6-4-8-23-12-15)24-19(25-18)13-26(2)20(27)10-14-5-3-7-16(21)9-14/h3,5,7,9,11,15,23H,4,6,8,10,12-13H2,1-2H3,(H,22,24,25)/t15-/m1/s1. The lowest BCUT2D eigenvalue weighted by Crippen LogP contribution is -2.30. The summed E-state index contributed by atoms with van der Waals surface area (Å²) < 4.78 is 13.3. The molecule has 27 heavy (non-hydrogen) atoms. The normalized spacial score (nSPS) is 16.8. The number of carbonyl (C=O) groups excluding carboxylic acids is 1. The van der Waals surface area contributed by atoms with Gasteiger partial charge in [-0.25, -0.2) is 14.4 Å². The Morgan fingerprint density at radius 3 is 2.93 bits per heavy atom. The first kappa shape index (κ1) is 19.2. The Hall–Kier alpha value is -2.54. The van der Waals surface area contributed by atoms with Crippen LogP contribution in [0.3, 0.4) is 0 Å². The number of nitrogens with zero attached hydrogens (tertiary/aromatic N) is 3. The molecule has 2 heterocycles. The third-order valence-corrected chi connectivity index (χ3v) is 4.81. The molecule has 0 saturated carbocycles. The molecule has 1 aromatic carbocycles. The molecule has 2 aromatic rings. The van der Waals surface area contributed by atoms with E-state index in [4.69, 9.17) is 4.98 Å². The Balaban J connectivity index is 1.70. The van der Waals surface area contributed by atoms with Crippen molar-refractivity contribution in [3.8, 4) is 0 Å². The molecule has 0 unspecified atom stereocenters. The van der Waals surface area contributed by atoms with Crippen LogP contribution in [-0.4, -0.2) is 48.0 Å². The second-order valence-electron chi connectivity index (χ2n) is 6.94. The van der Waals surface area contributed by atoms with Gasteiger partial charge in [0, 0.05) is 32.6 Å². The van der Waals surface area contributed by atoms with Gasteiger partial charge in [-0.15, -0.1) is 0 Å². The first-order valence-corrected chi connectivity index (χ1v) is 9.30. The van der Waals surface area contributed by atoms with Gasteiger partial charge in [-0.1, -0.05) is 12.1 Å². The molecular weight excluding hydrogens is 345 g/mol. The molecule has 1 aliphatic rings. The van der Waals surface area contributed by atoms with E-state index >= 15 is 0 Å². The number of hydrogen-bond acceptors (Lipinski definition) is 5. The quantitative estimate of drug-likeness (QED) is 0.816. The number of benzene rings is 1. The van der Waals surface area contributed by atoms with Gasteiger partial charge in [0.15, 0.2) is 0 Å². The average Bonchev–Trinajstić information content (AvgIpc) is 2.68. The van der Waals surface area contributed by atoms with E-state index in [1.54, 1.807) is 24.1 Å². The number of piperidine rings is 1. The fourth-order valence-corrected chi connectivity index (χ4v) is 3.29. The van der Waals surface area contributed by atoms with Crippen LogP contribution < -0.4 is 10.6 Å². The van der Waals surface area contributed by atoms with Crippen LogP contribution in [0.4, 0.5) is 10.2 Å². The second kappa shape index (κ2) is 8.90. The summed E-state index contributed by atoms with van der Waals surface area (Å²) in [4.78, 5) is 23.3. The fraction of sp³-hybridized carbons (Fsp3) is 0.450. The van der Waals surface area contributed by atoms with Crippen LogP contribution >= 0.6 is 0 Å². The lowest BCUT2D eigenvalue weighted by atomic mass is 9.96. The van der Waals surface area contributed by atoms with Crippen LogP contribution in [0.2, 0.25) is 0 Å². The molecular formula is C20H26FN5O.